The van der Waals surface area contributed by atoms with E-state index in [4.69, 9.17) is 0 Å². The molecule has 0 amide bonds. The summed E-state index contributed by atoms with van der Waals surface area (Å²) in [5.74, 6) is 1.46. The highest BCUT2D eigenvalue weighted by atomic mass is 16.3. The van der Waals surface area contributed by atoms with Gasteiger partial charge in [-0.3, -0.25) is 0 Å². The molecule has 3 nitrogen and oxygen atoms in total. The van der Waals surface area contributed by atoms with Crippen molar-refractivity contribution in [3.63, 3.8) is 0 Å². The molecule has 0 saturated heterocycles. The number of pyridine rings is 1. The Balaban J connectivity index is 2.92. The van der Waals surface area contributed by atoms with Crippen LogP contribution in [0.3, 0.4) is 0 Å². The fourth-order valence-corrected chi connectivity index (χ4v) is 1.69. The molecular formula is C12H20N2O. The fourth-order valence-electron chi connectivity index (χ4n) is 1.69. The highest BCUT2D eigenvalue weighted by molar-refractivity contribution is 5.46. The zero-order chi connectivity index (χ0) is 11.4. The van der Waals surface area contributed by atoms with Gasteiger partial charge in [-0.1, -0.05) is 19.9 Å². The minimum absolute atomic E-state index is 0.469. The van der Waals surface area contributed by atoms with Crippen LogP contribution >= 0.6 is 0 Å². The van der Waals surface area contributed by atoms with E-state index in [-0.39, 0.29) is 0 Å². The lowest BCUT2D eigenvalue weighted by Gasteiger charge is -2.23. The fraction of sp³-hybridized carbons (Fsp3) is 0.583. The van der Waals surface area contributed by atoms with Gasteiger partial charge in [-0.15, -0.1) is 0 Å². The first-order valence-corrected chi connectivity index (χ1v) is 5.36. The summed E-state index contributed by atoms with van der Waals surface area (Å²) in [5.41, 5.74) is 0.889. The van der Waals surface area contributed by atoms with Gasteiger partial charge in [0.15, 0.2) is 0 Å². The van der Waals surface area contributed by atoms with Crippen molar-refractivity contribution in [3.05, 3.63) is 23.9 Å². The van der Waals surface area contributed by atoms with E-state index in [1.54, 1.807) is 13.1 Å². The second-order valence-corrected chi connectivity index (χ2v) is 4.37. The Kier molecular flexibility index (Phi) is 4.09. The van der Waals surface area contributed by atoms with Gasteiger partial charge < -0.3 is 10.0 Å². The van der Waals surface area contributed by atoms with Crippen LogP contribution in [0.5, 0.6) is 0 Å². The predicted molar refractivity (Wildman–Crippen MR) is 63.0 cm³/mol. The molecule has 0 unspecified atom stereocenters. The van der Waals surface area contributed by atoms with Crippen molar-refractivity contribution in [1.29, 1.82) is 0 Å². The summed E-state index contributed by atoms with van der Waals surface area (Å²) in [7, 11) is 2.01. The molecule has 3 heteroatoms. The van der Waals surface area contributed by atoms with Crippen LogP contribution in [0.2, 0.25) is 0 Å². The molecule has 0 aliphatic heterocycles. The first kappa shape index (κ1) is 12.0. The monoisotopic (exact) mass is 208 g/mol. The van der Waals surface area contributed by atoms with Crippen molar-refractivity contribution in [2.24, 2.45) is 5.92 Å². The molecule has 0 bridgehead atoms. The van der Waals surface area contributed by atoms with Crippen LogP contribution in [0, 0.1) is 5.92 Å². The molecule has 1 aromatic heterocycles. The lowest BCUT2D eigenvalue weighted by Crippen LogP contribution is -2.25. The molecule has 0 saturated carbocycles. The van der Waals surface area contributed by atoms with Gasteiger partial charge in [0.05, 0.1) is 6.10 Å². The summed E-state index contributed by atoms with van der Waals surface area (Å²) in [6.07, 6.45) is 1.29. The molecule has 1 rings (SSSR count). The molecule has 0 spiro atoms. The van der Waals surface area contributed by atoms with Gasteiger partial charge in [-0.2, -0.15) is 0 Å². The third-order valence-corrected chi connectivity index (χ3v) is 2.27. The smallest absolute Gasteiger partial charge is 0.134 e. The maximum Gasteiger partial charge on any atom is 0.134 e. The molecule has 1 atom stereocenters. The number of nitrogens with zero attached hydrogens (tertiary/aromatic N) is 2. The third-order valence-electron chi connectivity index (χ3n) is 2.27. The average molecular weight is 208 g/mol. The maximum atomic E-state index is 9.62. The molecule has 1 N–H and O–H groups in total. The summed E-state index contributed by atoms with van der Waals surface area (Å²) in [4.78, 5) is 6.41. The van der Waals surface area contributed by atoms with E-state index in [0.717, 1.165) is 17.9 Å². The van der Waals surface area contributed by atoms with E-state index in [1.165, 1.54) is 0 Å². The molecule has 0 aliphatic rings. The number of anilines is 1. The molecule has 0 radical (unpaired) electrons. The summed E-state index contributed by atoms with van der Waals surface area (Å²) >= 11 is 0. The highest BCUT2D eigenvalue weighted by Crippen LogP contribution is 2.22. The van der Waals surface area contributed by atoms with Crippen LogP contribution < -0.4 is 4.90 Å². The third kappa shape index (κ3) is 3.20. The number of hydrogen-bond acceptors (Lipinski definition) is 3. The first-order chi connectivity index (χ1) is 7.02. The molecule has 1 heterocycles. The number of aliphatic hydroxyl groups is 1. The van der Waals surface area contributed by atoms with Crippen molar-refractivity contribution in [3.8, 4) is 0 Å². The van der Waals surface area contributed by atoms with Gasteiger partial charge in [0.25, 0.3) is 0 Å². The lowest BCUT2D eigenvalue weighted by atomic mass is 10.1. The normalized spacial score (nSPS) is 12.9. The van der Waals surface area contributed by atoms with Gasteiger partial charge in [0, 0.05) is 25.4 Å². The summed E-state index contributed by atoms with van der Waals surface area (Å²) in [6, 6.07) is 3.78. The van der Waals surface area contributed by atoms with E-state index in [0.29, 0.717) is 5.92 Å². The lowest BCUT2D eigenvalue weighted by molar-refractivity contribution is 0.199. The molecular weight excluding hydrogens is 188 g/mol. The summed E-state index contributed by atoms with van der Waals surface area (Å²) < 4.78 is 0. The van der Waals surface area contributed by atoms with Crippen molar-refractivity contribution in [2.45, 2.75) is 26.9 Å². The zero-order valence-corrected chi connectivity index (χ0v) is 9.94. The second kappa shape index (κ2) is 5.12. The first-order valence-electron chi connectivity index (χ1n) is 5.36. The van der Waals surface area contributed by atoms with Crippen LogP contribution in [0.4, 0.5) is 5.82 Å². The van der Waals surface area contributed by atoms with Gasteiger partial charge in [0.2, 0.25) is 0 Å². The topological polar surface area (TPSA) is 36.4 Å². The summed E-state index contributed by atoms with van der Waals surface area (Å²) in [6.45, 7) is 7.05. The standard InChI is InChI=1S/C12H20N2O/c1-9(2)8-14(4)12-11(10(3)15)6-5-7-13-12/h5-7,9-10,15H,8H2,1-4H3/t10-/m1/s1. The number of rotatable bonds is 4. The van der Waals surface area contributed by atoms with Crippen molar-refractivity contribution >= 4 is 5.82 Å². The predicted octanol–water partition coefficient (Wildman–Crippen LogP) is 2.23. The Hall–Kier alpha value is -1.09. The van der Waals surface area contributed by atoms with Gasteiger partial charge in [-0.25, -0.2) is 4.98 Å². The molecule has 0 aromatic carbocycles. The SMILES string of the molecule is CC(C)CN(C)c1ncccc1[C@@H](C)O. The minimum Gasteiger partial charge on any atom is -0.389 e. The van der Waals surface area contributed by atoms with Crippen molar-refractivity contribution in [2.75, 3.05) is 18.5 Å². The van der Waals surface area contributed by atoms with Gasteiger partial charge in [0.1, 0.15) is 5.82 Å². The second-order valence-electron chi connectivity index (χ2n) is 4.37. The van der Waals surface area contributed by atoms with Gasteiger partial charge in [-0.05, 0) is 18.9 Å². The summed E-state index contributed by atoms with van der Waals surface area (Å²) in [5, 5.41) is 9.62. The zero-order valence-electron chi connectivity index (χ0n) is 9.94. The molecule has 1 aromatic rings. The molecule has 0 fully saturated rings. The number of hydrogen-bond donors (Lipinski definition) is 1. The van der Waals surface area contributed by atoms with Gasteiger partial charge >= 0.3 is 0 Å². The Labute approximate surface area is 91.8 Å². The molecule has 15 heavy (non-hydrogen) atoms. The quantitative estimate of drug-likeness (QED) is 0.824. The van der Waals surface area contributed by atoms with Crippen molar-refractivity contribution < 1.29 is 5.11 Å². The van der Waals surface area contributed by atoms with E-state index < -0.39 is 6.10 Å². The Bertz CT molecular complexity index is 310. The van der Waals surface area contributed by atoms with E-state index >= 15 is 0 Å². The highest BCUT2D eigenvalue weighted by Gasteiger charge is 2.12. The maximum absolute atomic E-state index is 9.62. The largest absolute Gasteiger partial charge is 0.389 e. The van der Waals surface area contributed by atoms with E-state index in [9.17, 15) is 5.11 Å². The van der Waals surface area contributed by atoms with Crippen LogP contribution in [0.1, 0.15) is 32.4 Å². The minimum atomic E-state index is -0.469. The molecule has 0 aliphatic carbocycles. The van der Waals surface area contributed by atoms with E-state index in [2.05, 4.69) is 23.7 Å². The van der Waals surface area contributed by atoms with E-state index in [1.807, 2.05) is 19.2 Å². The van der Waals surface area contributed by atoms with Crippen LogP contribution in [-0.2, 0) is 0 Å². The average Bonchev–Trinajstić information content (AvgIpc) is 2.16. The van der Waals surface area contributed by atoms with Crippen LogP contribution in [0.25, 0.3) is 0 Å². The Morgan fingerprint density at radius 3 is 2.60 bits per heavy atom. The number of aromatic nitrogens is 1. The van der Waals surface area contributed by atoms with Crippen LogP contribution in [0.15, 0.2) is 18.3 Å². The Morgan fingerprint density at radius 1 is 1.40 bits per heavy atom. The van der Waals surface area contributed by atoms with Crippen molar-refractivity contribution in [1.82, 2.24) is 4.98 Å². The van der Waals surface area contributed by atoms with Crippen LogP contribution in [-0.4, -0.2) is 23.7 Å². The Morgan fingerprint density at radius 2 is 2.07 bits per heavy atom. The number of aliphatic hydroxyl groups excluding tert-OH is 1. The molecule has 84 valence electrons.